The summed E-state index contributed by atoms with van der Waals surface area (Å²) >= 11 is 12.6. The van der Waals surface area contributed by atoms with Crippen LogP contribution in [0, 0.1) is 0 Å². The molecule has 0 saturated heterocycles. The highest BCUT2D eigenvalue weighted by atomic mass is 35.5. The van der Waals surface area contributed by atoms with Crippen molar-refractivity contribution in [2.75, 3.05) is 0 Å². The lowest BCUT2D eigenvalue weighted by Crippen LogP contribution is -2.51. The Balaban J connectivity index is 2.05. The first kappa shape index (κ1) is 27.7. The lowest BCUT2D eigenvalue weighted by molar-refractivity contribution is -0.249. The molecular formula is C25H21Cl2F4NO4. The number of halogens is 6. The SMILES string of the molecule is CCC(=O)C[C@@](O)(c1cccc(-c2cc(Cl)cc(C(=O)NCc3ccco3)c2Cl)c1)C(F)(F)C(F)F. The van der Waals surface area contributed by atoms with E-state index in [0.29, 0.717) is 5.76 Å². The molecule has 1 atom stereocenters. The van der Waals surface area contributed by atoms with Gasteiger partial charge in [-0.1, -0.05) is 48.3 Å². The Hall–Kier alpha value is -2.88. The molecule has 192 valence electrons. The van der Waals surface area contributed by atoms with E-state index >= 15 is 0 Å². The van der Waals surface area contributed by atoms with Crippen LogP contribution in [0.4, 0.5) is 17.6 Å². The summed E-state index contributed by atoms with van der Waals surface area (Å²) in [5, 5.41) is 13.4. The minimum Gasteiger partial charge on any atom is -0.467 e. The Kier molecular flexibility index (Phi) is 8.48. The van der Waals surface area contributed by atoms with Crippen molar-refractivity contribution in [2.45, 2.75) is 44.3 Å². The molecule has 0 aliphatic heterocycles. The molecule has 3 aromatic rings. The summed E-state index contributed by atoms with van der Waals surface area (Å²) in [5.41, 5.74) is -3.91. The maximum Gasteiger partial charge on any atom is 0.339 e. The molecule has 0 aliphatic rings. The van der Waals surface area contributed by atoms with Crippen LogP contribution in [0.3, 0.4) is 0 Å². The average molecular weight is 546 g/mol. The number of furan rings is 1. The summed E-state index contributed by atoms with van der Waals surface area (Å²) < 4.78 is 60.9. The number of aliphatic hydroxyl groups is 1. The Bertz CT molecular complexity index is 1250. The molecule has 2 N–H and O–H groups in total. The van der Waals surface area contributed by atoms with E-state index in [9.17, 15) is 32.3 Å². The van der Waals surface area contributed by atoms with E-state index in [1.165, 1.54) is 37.5 Å². The largest absolute Gasteiger partial charge is 0.467 e. The number of ketones is 1. The van der Waals surface area contributed by atoms with E-state index < -0.39 is 41.6 Å². The Morgan fingerprint density at radius 3 is 2.44 bits per heavy atom. The van der Waals surface area contributed by atoms with E-state index in [1.807, 2.05) is 0 Å². The molecule has 1 heterocycles. The zero-order valence-corrected chi connectivity index (χ0v) is 20.3. The summed E-state index contributed by atoms with van der Waals surface area (Å²) in [6.07, 6.45) is -4.27. The van der Waals surface area contributed by atoms with Crippen LogP contribution in [0.2, 0.25) is 10.0 Å². The first-order valence-corrected chi connectivity index (χ1v) is 11.5. The summed E-state index contributed by atoms with van der Waals surface area (Å²) in [4.78, 5) is 24.7. The molecule has 0 radical (unpaired) electrons. The Morgan fingerprint density at radius 1 is 1.11 bits per heavy atom. The first-order chi connectivity index (χ1) is 16.9. The van der Waals surface area contributed by atoms with Crippen LogP contribution < -0.4 is 5.32 Å². The number of rotatable bonds is 10. The molecule has 0 aliphatic carbocycles. The van der Waals surface area contributed by atoms with Gasteiger partial charge < -0.3 is 14.8 Å². The van der Waals surface area contributed by atoms with Gasteiger partial charge in [0, 0.05) is 23.4 Å². The second-order valence-corrected chi connectivity index (χ2v) is 8.83. The van der Waals surface area contributed by atoms with Crippen LogP contribution in [-0.4, -0.2) is 29.1 Å². The van der Waals surface area contributed by atoms with Crippen LogP contribution in [0.5, 0.6) is 0 Å². The van der Waals surface area contributed by atoms with Gasteiger partial charge in [0.1, 0.15) is 11.5 Å². The molecule has 0 fully saturated rings. The molecule has 0 bridgehead atoms. The molecule has 3 rings (SSSR count). The van der Waals surface area contributed by atoms with Crippen molar-refractivity contribution in [1.82, 2.24) is 5.32 Å². The molecule has 1 amide bonds. The number of hydrogen-bond donors (Lipinski definition) is 2. The van der Waals surface area contributed by atoms with Gasteiger partial charge in [-0.3, -0.25) is 9.59 Å². The molecule has 1 aromatic heterocycles. The highest BCUT2D eigenvalue weighted by molar-refractivity contribution is 6.38. The van der Waals surface area contributed by atoms with E-state index in [2.05, 4.69) is 5.32 Å². The number of alkyl halides is 4. The minimum absolute atomic E-state index is 0.0366. The number of carbonyl (C=O) groups excluding carboxylic acids is 2. The lowest BCUT2D eigenvalue weighted by Gasteiger charge is -2.35. The fourth-order valence-electron chi connectivity index (χ4n) is 3.59. The Morgan fingerprint density at radius 2 is 1.83 bits per heavy atom. The third-order valence-corrected chi connectivity index (χ3v) is 6.23. The van der Waals surface area contributed by atoms with Gasteiger partial charge in [0.05, 0.1) is 23.4 Å². The van der Waals surface area contributed by atoms with E-state index in [0.717, 1.165) is 12.1 Å². The van der Waals surface area contributed by atoms with Crippen molar-refractivity contribution >= 4 is 34.9 Å². The van der Waals surface area contributed by atoms with Gasteiger partial charge in [0.25, 0.3) is 5.91 Å². The van der Waals surface area contributed by atoms with Gasteiger partial charge in [-0.25, -0.2) is 8.78 Å². The maximum absolute atomic E-state index is 14.6. The first-order valence-electron chi connectivity index (χ1n) is 10.7. The fourth-order valence-corrected chi connectivity index (χ4v) is 4.11. The van der Waals surface area contributed by atoms with Crippen LogP contribution in [0.1, 0.15) is 41.4 Å². The van der Waals surface area contributed by atoms with E-state index in [1.54, 1.807) is 12.1 Å². The molecule has 2 aromatic carbocycles. The molecule has 0 spiro atoms. The molecule has 0 saturated carbocycles. The quantitative estimate of drug-likeness (QED) is 0.280. The molecule has 5 nitrogen and oxygen atoms in total. The molecule has 11 heteroatoms. The second kappa shape index (κ2) is 11.0. The lowest BCUT2D eigenvalue weighted by atomic mass is 9.81. The molecular weight excluding hydrogens is 525 g/mol. The van der Waals surface area contributed by atoms with Crippen molar-refractivity contribution in [2.24, 2.45) is 0 Å². The van der Waals surface area contributed by atoms with Crippen molar-refractivity contribution in [1.29, 1.82) is 0 Å². The smallest absolute Gasteiger partial charge is 0.339 e. The van der Waals surface area contributed by atoms with Gasteiger partial charge >= 0.3 is 12.3 Å². The second-order valence-electron chi connectivity index (χ2n) is 8.01. The van der Waals surface area contributed by atoms with Crippen LogP contribution in [0.15, 0.2) is 59.2 Å². The van der Waals surface area contributed by atoms with Gasteiger partial charge in [-0.2, -0.15) is 8.78 Å². The monoisotopic (exact) mass is 545 g/mol. The van der Waals surface area contributed by atoms with Crippen LogP contribution >= 0.6 is 23.2 Å². The molecule has 0 unspecified atom stereocenters. The summed E-state index contributed by atoms with van der Waals surface area (Å²) in [7, 11) is 0. The number of nitrogens with one attached hydrogen (secondary N) is 1. The van der Waals surface area contributed by atoms with E-state index in [4.69, 9.17) is 27.6 Å². The molecule has 36 heavy (non-hydrogen) atoms. The highest BCUT2D eigenvalue weighted by Gasteiger charge is 2.60. The number of hydrogen-bond acceptors (Lipinski definition) is 4. The summed E-state index contributed by atoms with van der Waals surface area (Å²) in [6.45, 7) is 1.42. The zero-order chi connectivity index (χ0) is 26.7. The van der Waals surface area contributed by atoms with Crippen molar-refractivity contribution in [3.05, 3.63) is 81.7 Å². The predicted octanol–water partition coefficient (Wildman–Crippen LogP) is 6.64. The van der Waals surface area contributed by atoms with Crippen molar-refractivity contribution in [3.63, 3.8) is 0 Å². The normalized spacial score (nSPS) is 13.5. The maximum atomic E-state index is 14.6. The van der Waals surface area contributed by atoms with Crippen LogP contribution in [-0.2, 0) is 16.9 Å². The predicted molar refractivity (Wildman–Crippen MR) is 127 cm³/mol. The van der Waals surface area contributed by atoms with Gasteiger partial charge in [-0.15, -0.1) is 0 Å². The summed E-state index contributed by atoms with van der Waals surface area (Å²) in [6, 6.07) is 10.6. The Labute approximate surface area is 214 Å². The van der Waals surface area contributed by atoms with Gasteiger partial charge in [-0.05, 0) is 41.5 Å². The number of Topliss-reactive ketones (excluding diaryl/α,β-unsaturated/α-hetero) is 1. The third-order valence-electron chi connectivity index (χ3n) is 5.61. The topological polar surface area (TPSA) is 79.5 Å². The van der Waals surface area contributed by atoms with E-state index in [-0.39, 0.29) is 39.7 Å². The van der Waals surface area contributed by atoms with Crippen molar-refractivity contribution in [3.8, 4) is 11.1 Å². The minimum atomic E-state index is -4.94. The van der Waals surface area contributed by atoms with Gasteiger partial charge in [0.2, 0.25) is 0 Å². The zero-order valence-electron chi connectivity index (χ0n) is 18.8. The standard InChI is InChI=1S/C25H21Cl2F4NO4/c1-2-17(33)12-24(35,25(30,31)23(28)29)15-6-3-5-14(9-15)19-10-16(26)11-20(21(19)27)22(34)32-13-18-7-4-8-36-18/h3-11,23,35H,2,12-13H2,1H3,(H,32,34)/t24-/m1/s1. The average Bonchev–Trinajstić information content (AvgIpc) is 3.37. The number of benzene rings is 2. The fraction of sp³-hybridized carbons (Fsp3) is 0.280. The number of carbonyl (C=O) groups is 2. The van der Waals surface area contributed by atoms with Crippen molar-refractivity contribution < 1.29 is 36.7 Å². The number of amides is 1. The third kappa shape index (κ3) is 5.58. The summed E-state index contributed by atoms with van der Waals surface area (Å²) in [5.74, 6) is -5.90. The van der Waals surface area contributed by atoms with Crippen LogP contribution in [0.25, 0.3) is 11.1 Å². The highest BCUT2D eigenvalue weighted by Crippen LogP contribution is 2.46. The van der Waals surface area contributed by atoms with Gasteiger partial charge in [0.15, 0.2) is 5.60 Å².